The Balaban J connectivity index is 1.51. The van der Waals surface area contributed by atoms with E-state index in [1.165, 1.54) is 17.0 Å². The predicted molar refractivity (Wildman–Crippen MR) is 103 cm³/mol. The lowest BCUT2D eigenvalue weighted by Crippen LogP contribution is -2.31. The van der Waals surface area contributed by atoms with Gasteiger partial charge in [0.2, 0.25) is 0 Å². The van der Waals surface area contributed by atoms with E-state index in [2.05, 4.69) is 10.4 Å². The van der Waals surface area contributed by atoms with Crippen LogP contribution in [0.15, 0.2) is 60.8 Å². The van der Waals surface area contributed by atoms with Gasteiger partial charge in [-0.1, -0.05) is 30.3 Å². The van der Waals surface area contributed by atoms with E-state index < -0.39 is 0 Å². The number of amides is 3. The highest BCUT2D eigenvalue weighted by Gasteiger charge is 2.35. The van der Waals surface area contributed by atoms with Crippen molar-refractivity contribution in [1.29, 1.82) is 0 Å². The van der Waals surface area contributed by atoms with Crippen molar-refractivity contribution in [2.45, 2.75) is 6.42 Å². The highest BCUT2D eigenvalue weighted by Crippen LogP contribution is 2.24. The number of carbonyl (C=O) groups is 3. The molecule has 3 amide bonds. The minimum atomic E-state index is -0.385. The van der Waals surface area contributed by atoms with Gasteiger partial charge in [-0.3, -0.25) is 24.0 Å². The van der Waals surface area contributed by atoms with E-state index >= 15 is 0 Å². The molecule has 2 heterocycles. The number of hydrogen-bond donors (Lipinski definition) is 1. The van der Waals surface area contributed by atoms with Gasteiger partial charge in [0, 0.05) is 31.4 Å². The molecule has 1 aromatic heterocycles. The van der Waals surface area contributed by atoms with Crippen molar-refractivity contribution in [3.8, 4) is 0 Å². The van der Waals surface area contributed by atoms with Crippen molar-refractivity contribution >= 4 is 23.5 Å². The summed E-state index contributed by atoms with van der Waals surface area (Å²) in [7, 11) is 1.75. The summed E-state index contributed by atoms with van der Waals surface area (Å²) in [5, 5.41) is 6.77. The number of imide groups is 1. The largest absolute Gasteiger partial charge is 0.305 e. The zero-order chi connectivity index (χ0) is 19.7. The Bertz CT molecular complexity index is 1070. The first kappa shape index (κ1) is 17.7. The van der Waals surface area contributed by atoms with Gasteiger partial charge >= 0.3 is 0 Å². The summed E-state index contributed by atoms with van der Waals surface area (Å²) in [6, 6.07) is 15.9. The molecule has 0 unspecified atom stereocenters. The summed E-state index contributed by atoms with van der Waals surface area (Å²) in [5.41, 5.74) is 1.93. The van der Waals surface area contributed by atoms with Gasteiger partial charge in [0.05, 0.1) is 11.1 Å². The third-order valence-electron chi connectivity index (χ3n) is 4.66. The summed E-state index contributed by atoms with van der Waals surface area (Å²) < 4.78 is 1.57. The SMILES string of the molecule is Cn1ccc(NC(=O)c2ccc3c(c2)C(=O)N(CCc2ccccc2)C3=O)n1. The molecule has 1 N–H and O–H groups in total. The summed E-state index contributed by atoms with van der Waals surface area (Å²) in [6.45, 7) is 0.297. The smallest absolute Gasteiger partial charge is 0.261 e. The van der Waals surface area contributed by atoms with Gasteiger partial charge in [-0.25, -0.2) is 0 Å². The molecular weight excluding hydrogens is 356 g/mol. The molecule has 0 aliphatic carbocycles. The van der Waals surface area contributed by atoms with Gasteiger partial charge in [-0.05, 0) is 30.2 Å². The summed E-state index contributed by atoms with van der Waals surface area (Å²) >= 11 is 0. The minimum Gasteiger partial charge on any atom is -0.305 e. The average molecular weight is 374 g/mol. The Morgan fingerprint density at radius 1 is 1.00 bits per heavy atom. The molecule has 0 saturated carbocycles. The van der Waals surface area contributed by atoms with Crippen LogP contribution in [0.3, 0.4) is 0 Å². The molecule has 0 atom stereocenters. The zero-order valence-electron chi connectivity index (χ0n) is 15.3. The average Bonchev–Trinajstić information content (AvgIpc) is 3.22. The number of rotatable bonds is 5. The van der Waals surface area contributed by atoms with E-state index in [0.29, 0.717) is 29.9 Å². The summed E-state index contributed by atoms with van der Waals surface area (Å²) in [5.74, 6) is -0.666. The van der Waals surface area contributed by atoms with Crippen molar-refractivity contribution in [3.05, 3.63) is 83.0 Å². The number of carbonyl (C=O) groups excluding carboxylic acids is 3. The number of aryl methyl sites for hydroxylation is 1. The second-order valence-corrected chi connectivity index (χ2v) is 6.59. The van der Waals surface area contributed by atoms with Crippen LogP contribution in [0.1, 0.15) is 36.6 Å². The Kier molecular flexibility index (Phi) is 4.49. The molecule has 1 aliphatic rings. The second-order valence-electron chi connectivity index (χ2n) is 6.59. The van der Waals surface area contributed by atoms with Gasteiger partial charge in [0.1, 0.15) is 0 Å². The number of hydrogen-bond acceptors (Lipinski definition) is 4. The van der Waals surface area contributed by atoms with Gasteiger partial charge in [0.25, 0.3) is 17.7 Å². The van der Waals surface area contributed by atoms with Crippen molar-refractivity contribution in [3.63, 3.8) is 0 Å². The monoisotopic (exact) mass is 374 g/mol. The standard InChI is InChI=1S/C21H18N4O3/c1-24-11-10-18(23-24)22-19(26)15-7-8-16-17(13-15)21(28)25(20(16)27)12-9-14-5-3-2-4-6-14/h2-8,10-11,13H,9,12H2,1H3,(H,22,23,26). The van der Waals surface area contributed by atoms with Crippen molar-refractivity contribution in [2.75, 3.05) is 11.9 Å². The quantitative estimate of drug-likeness (QED) is 0.696. The molecule has 140 valence electrons. The molecule has 7 heteroatoms. The van der Waals surface area contributed by atoms with Crippen LogP contribution in [0.4, 0.5) is 5.82 Å². The number of aromatic nitrogens is 2. The molecule has 7 nitrogen and oxygen atoms in total. The molecule has 0 spiro atoms. The van der Waals surface area contributed by atoms with E-state index in [9.17, 15) is 14.4 Å². The highest BCUT2D eigenvalue weighted by atomic mass is 16.2. The van der Waals surface area contributed by atoms with Crippen LogP contribution in [0.25, 0.3) is 0 Å². The Morgan fingerprint density at radius 3 is 2.46 bits per heavy atom. The molecule has 0 fully saturated rings. The van der Waals surface area contributed by atoms with E-state index in [-0.39, 0.29) is 23.3 Å². The molecule has 4 rings (SSSR count). The van der Waals surface area contributed by atoms with Gasteiger partial charge in [-0.2, -0.15) is 5.10 Å². The highest BCUT2D eigenvalue weighted by molar-refractivity contribution is 6.22. The summed E-state index contributed by atoms with van der Waals surface area (Å²) in [4.78, 5) is 39.0. The lowest BCUT2D eigenvalue weighted by Gasteiger charge is -2.13. The van der Waals surface area contributed by atoms with Crippen molar-refractivity contribution in [1.82, 2.24) is 14.7 Å². The zero-order valence-corrected chi connectivity index (χ0v) is 15.3. The van der Waals surface area contributed by atoms with E-state index in [4.69, 9.17) is 0 Å². The Hall–Kier alpha value is -3.74. The van der Waals surface area contributed by atoms with Crippen LogP contribution in [0, 0.1) is 0 Å². The van der Waals surface area contributed by atoms with Gasteiger partial charge < -0.3 is 5.32 Å². The molecule has 0 saturated heterocycles. The maximum Gasteiger partial charge on any atom is 0.261 e. The van der Waals surface area contributed by atoms with E-state index in [0.717, 1.165) is 5.56 Å². The van der Waals surface area contributed by atoms with Crippen molar-refractivity contribution < 1.29 is 14.4 Å². The minimum absolute atomic E-state index is 0.256. The number of nitrogens with zero attached hydrogens (tertiary/aromatic N) is 3. The van der Waals surface area contributed by atoms with Crippen LogP contribution in [-0.4, -0.2) is 38.9 Å². The fraction of sp³-hybridized carbons (Fsp3) is 0.143. The van der Waals surface area contributed by atoms with Crippen LogP contribution < -0.4 is 5.32 Å². The fourth-order valence-corrected chi connectivity index (χ4v) is 3.19. The molecule has 0 radical (unpaired) electrons. The number of anilines is 1. The molecular formula is C21H18N4O3. The van der Waals surface area contributed by atoms with Crippen LogP contribution in [0.2, 0.25) is 0 Å². The first-order valence-electron chi connectivity index (χ1n) is 8.88. The lowest BCUT2D eigenvalue weighted by molar-refractivity contribution is 0.0656. The second kappa shape index (κ2) is 7.11. The molecule has 2 aromatic carbocycles. The lowest BCUT2D eigenvalue weighted by atomic mass is 10.1. The van der Waals surface area contributed by atoms with Crippen LogP contribution in [-0.2, 0) is 13.5 Å². The van der Waals surface area contributed by atoms with Crippen molar-refractivity contribution in [2.24, 2.45) is 7.05 Å². The van der Waals surface area contributed by atoms with Crippen LogP contribution in [0.5, 0.6) is 0 Å². The third-order valence-corrected chi connectivity index (χ3v) is 4.66. The van der Waals surface area contributed by atoms with Crippen LogP contribution >= 0.6 is 0 Å². The number of fused-ring (bicyclic) bond motifs is 1. The maximum absolute atomic E-state index is 12.7. The maximum atomic E-state index is 12.7. The first-order valence-corrected chi connectivity index (χ1v) is 8.88. The number of benzene rings is 2. The predicted octanol–water partition coefficient (Wildman–Crippen LogP) is 2.51. The normalized spacial score (nSPS) is 13.0. The van der Waals surface area contributed by atoms with Gasteiger partial charge in [-0.15, -0.1) is 0 Å². The molecule has 3 aromatic rings. The summed E-state index contributed by atoms with van der Waals surface area (Å²) in [6.07, 6.45) is 2.30. The Morgan fingerprint density at radius 2 is 1.75 bits per heavy atom. The fourth-order valence-electron chi connectivity index (χ4n) is 3.19. The topological polar surface area (TPSA) is 84.3 Å². The Labute approximate surface area is 161 Å². The van der Waals surface area contributed by atoms with Gasteiger partial charge in [0.15, 0.2) is 5.82 Å². The molecule has 0 bridgehead atoms. The number of nitrogens with one attached hydrogen (secondary N) is 1. The van der Waals surface area contributed by atoms with E-state index in [1.54, 1.807) is 30.1 Å². The first-order chi connectivity index (χ1) is 13.5. The molecule has 1 aliphatic heterocycles. The molecule has 28 heavy (non-hydrogen) atoms. The van der Waals surface area contributed by atoms with E-state index in [1.807, 2.05) is 30.3 Å². The third kappa shape index (κ3) is 3.29.